The molecule has 4 fully saturated rings. The van der Waals surface area contributed by atoms with Gasteiger partial charge < -0.3 is 19.5 Å². The molecule has 4 aliphatic rings. The summed E-state index contributed by atoms with van der Waals surface area (Å²) >= 11 is 0. The van der Waals surface area contributed by atoms with Crippen LogP contribution in [-0.4, -0.2) is 64.0 Å². The van der Waals surface area contributed by atoms with Crippen molar-refractivity contribution in [1.82, 2.24) is 4.90 Å². The number of esters is 2. The fourth-order valence-electron chi connectivity index (χ4n) is 5.95. The van der Waals surface area contributed by atoms with Gasteiger partial charge in [0.2, 0.25) is 0 Å². The minimum Gasteiger partial charge on any atom is -0.461 e. The van der Waals surface area contributed by atoms with E-state index in [1.165, 1.54) is 0 Å². The van der Waals surface area contributed by atoms with Crippen LogP contribution in [0.15, 0.2) is 0 Å². The number of fused-ring (bicyclic) bond motifs is 3. The fourth-order valence-corrected chi connectivity index (χ4v) is 5.95. The van der Waals surface area contributed by atoms with Crippen LogP contribution in [0.1, 0.15) is 59.3 Å². The molecule has 166 valence electrons. The minimum absolute atomic E-state index is 0.00886. The number of ether oxygens (including phenoxy) is 2. The Balaban J connectivity index is 1.81. The maximum Gasteiger partial charge on any atom is 0.309 e. The fraction of sp³-hybridized carbons (Fsp3) is 0.818. The number of amides is 1. The molecule has 30 heavy (non-hydrogen) atoms. The molecule has 4 heterocycles. The molecule has 0 spiro atoms. The first-order chi connectivity index (χ1) is 14.2. The Hall–Kier alpha value is -1.96. The number of nitrogens with zero attached hydrogens (tertiary/aromatic N) is 1. The number of cyclic esters (lactones) is 1. The highest BCUT2D eigenvalue weighted by atomic mass is 16.6. The van der Waals surface area contributed by atoms with Gasteiger partial charge in [0.1, 0.15) is 23.6 Å². The maximum atomic E-state index is 13.7. The smallest absolute Gasteiger partial charge is 0.309 e. The molecule has 4 saturated heterocycles. The molecule has 0 aromatic carbocycles. The standard InChI is InChI=1S/C22H31NO7/c1-4-13-18-17(12(3)20(26)30-18)15(24)10-14(16-9-11(2)19(25)29-16)23-8-6-5-7-22(13,28)21(23)27/h11-14,16-18,28H,4-10H2,1-3H3. The summed E-state index contributed by atoms with van der Waals surface area (Å²) in [6.45, 7) is 5.70. The van der Waals surface area contributed by atoms with Crippen molar-refractivity contribution < 1.29 is 33.8 Å². The minimum atomic E-state index is -1.71. The lowest BCUT2D eigenvalue weighted by Gasteiger charge is -2.41. The topological polar surface area (TPSA) is 110 Å². The first-order valence-corrected chi connectivity index (χ1v) is 11.2. The van der Waals surface area contributed by atoms with Crippen LogP contribution in [0.5, 0.6) is 0 Å². The Bertz CT molecular complexity index is 767. The van der Waals surface area contributed by atoms with Crippen molar-refractivity contribution in [2.75, 3.05) is 6.54 Å². The molecule has 1 N–H and O–H groups in total. The van der Waals surface area contributed by atoms with E-state index in [1.54, 1.807) is 18.7 Å². The van der Waals surface area contributed by atoms with Crippen molar-refractivity contribution in [3.05, 3.63) is 0 Å². The molecule has 0 radical (unpaired) electrons. The predicted octanol–water partition coefficient (Wildman–Crippen LogP) is 1.23. The molecular formula is C22H31NO7. The monoisotopic (exact) mass is 421 g/mol. The third-order valence-corrected chi connectivity index (χ3v) is 7.67. The van der Waals surface area contributed by atoms with Crippen LogP contribution in [0, 0.1) is 23.7 Å². The van der Waals surface area contributed by atoms with Crippen LogP contribution in [0.3, 0.4) is 0 Å². The summed E-state index contributed by atoms with van der Waals surface area (Å²) in [7, 11) is 0. The van der Waals surface area contributed by atoms with E-state index < -0.39 is 53.5 Å². The van der Waals surface area contributed by atoms with Crippen molar-refractivity contribution >= 4 is 23.6 Å². The van der Waals surface area contributed by atoms with E-state index in [4.69, 9.17) is 9.47 Å². The van der Waals surface area contributed by atoms with Gasteiger partial charge in [-0.15, -0.1) is 0 Å². The summed E-state index contributed by atoms with van der Waals surface area (Å²) in [6, 6.07) is -0.636. The number of hydrogen-bond acceptors (Lipinski definition) is 7. The molecule has 8 nitrogen and oxygen atoms in total. The second-order valence-electron chi connectivity index (χ2n) is 9.46. The van der Waals surface area contributed by atoms with E-state index in [0.717, 1.165) is 0 Å². The van der Waals surface area contributed by atoms with Crippen molar-refractivity contribution in [2.45, 2.75) is 83.1 Å². The first kappa shape index (κ1) is 21.3. The summed E-state index contributed by atoms with van der Waals surface area (Å²) in [6.07, 6.45) is 1.02. The summed E-state index contributed by atoms with van der Waals surface area (Å²) in [4.78, 5) is 53.2. The largest absolute Gasteiger partial charge is 0.461 e. The molecule has 4 aliphatic heterocycles. The van der Waals surface area contributed by atoms with Crippen LogP contribution in [-0.2, 0) is 28.7 Å². The number of hydrogen-bond donors (Lipinski definition) is 1. The summed E-state index contributed by atoms with van der Waals surface area (Å²) in [5, 5.41) is 11.7. The third kappa shape index (κ3) is 3.15. The van der Waals surface area contributed by atoms with E-state index in [9.17, 15) is 24.3 Å². The summed E-state index contributed by atoms with van der Waals surface area (Å²) < 4.78 is 11.2. The zero-order chi connectivity index (χ0) is 21.8. The molecule has 8 unspecified atom stereocenters. The van der Waals surface area contributed by atoms with Crippen molar-refractivity contribution in [3.63, 3.8) is 0 Å². The van der Waals surface area contributed by atoms with Crippen molar-refractivity contribution in [2.24, 2.45) is 23.7 Å². The number of carbonyl (C=O) groups excluding carboxylic acids is 4. The molecule has 1 amide bonds. The lowest BCUT2D eigenvalue weighted by atomic mass is 9.72. The van der Waals surface area contributed by atoms with Gasteiger partial charge in [0.05, 0.1) is 23.8 Å². The highest BCUT2D eigenvalue weighted by molar-refractivity contribution is 5.93. The second kappa shape index (κ2) is 7.62. The van der Waals surface area contributed by atoms with E-state index >= 15 is 0 Å². The average Bonchev–Trinajstić information content (AvgIpc) is 3.13. The van der Waals surface area contributed by atoms with Crippen LogP contribution < -0.4 is 0 Å². The van der Waals surface area contributed by atoms with Crippen LogP contribution >= 0.6 is 0 Å². The van der Waals surface area contributed by atoms with Gasteiger partial charge >= 0.3 is 11.9 Å². The van der Waals surface area contributed by atoms with E-state index in [1.807, 2.05) is 6.92 Å². The number of aliphatic hydroxyl groups is 1. The Kier molecular flexibility index (Phi) is 5.41. The van der Waals surface area contributed by atoms with Crippen molar-refractivity contribution in [3.8, 4) is 0 Å². The zero-order valence-electron chi connectivity index (χ0n) is 17.8. The predicted molar refractivity (Wildman–Crippen MR) is 104 cm³/mol. The number of carbonyl (C=O) groups is 4. The maximum absolute atomic E-state index is 13.7. The van der Waals surface area contributed by atoms with Gasteiger partial charge in [-0.05, 0) is 32.1 Å². The molecule has 0 saturated carbocycles. The van der Waals surface area contributed by atoms with Gasteiger partial charge in [0, 0.05) is 18.9 Å². The lowest BCUT2D eigenvalue weighted by molar-refractivity contribution is -0.172. The molecule has 8 heteroatoms. The van der Waals surface area contributed by atoms with Gasteiger partial charge in [-0.2, -0.15) is 0 Å². The first-order valence-electron chi connectivity index (χ1n) is 11.2. The number of Topliss-reactive ketones (excluding diaryl/α,β-unsaturated/α-hetero) is 1. The highest BCUT2D eigenvalue weighted by Gasteiger charge is 2.60. The lowest BCUT2D eigenvalue weighted by Crippen LogP contribution is -2.58. The Labute approximate surface area is 176 Å². The highest BCUT2D eigenvalue weighted by Crippen LogP contribution is 2.45. The Morgan fingerprint density at radius 1 is 1.10 bits per heavy atom. The van der Waals surface area contributed by atoms with Gasteiger partial charge in [-0.1, -0.05) is 20.8 Å². The van der Waals surface area contributed by atoms with E-state index in [2.05, 4.69) is 0 Å². The Morgan fingerprint density at radius 2 is 1.83 bits per heavy atom. The van der Waals surface area contributed by atoms with Gasteiger partial charge in [0.25, 0.3) is 5.91 Å². The Morgan fingerprint density at radius 3 is 2.47 bits per heavy atom. The zero-order valence-corrected chi connectivity index (χ0v) is 17.8. The molecule has 0 aliphatic carbocycles. The molecule has 0 aromatic heterocycles. The van der Waals surface area contributed by atoms with Crippen molar-refractivity contribution in [1.29, 1.82) is 0 Å². The quantitative estimate of drug-likeness (QED) is 0.668. The SMILES string of the molecule is CCC1C2OC(=O)C(C)C2C(=O)CC(C2CC(C)C(=O)O2)N2CCCCC1(O)C2=O. The van der Waals surface area contributed by atoms with Gasteiger partial charge in [-0.3, -0.25) is 19.2 Å². The van der Waals surface area contributed by atoms with Crippen LogP contribution in [0.4, 0.5) is 0 Å². The molecule has 4 rings (SSSR count). The van der Waals surface area contributed by atoms with Gasteiger partial charge in [0.15, 0.2) is 0 Å². The van der Waals surface area contributed by atoms with E-state index in [-0.39, 0.29) is 30.5 Å². The number of rotatable bonds is 2. The average molecular weight is 421 g/mol. The normalized spacial score (nSPS) is 44.5. The third-order valence-electron chi connectivity index (χ3n) is 7.67. The summed E-state index contributed by atoms with van der Waals surface area (Å²) in [5.41, 5.74) is -1.71. The van der Waals surface area contributed by atoms with Crippen LogP contribution in [0.2, 0.25) is 0 Å². The molecular weight excluding hydrogens is 390 g/mol. The van der Waals surface area contributed by atoms with Gasteiger partial charge in [-0.25, -0.2) is 0 Å². The molecule has 2 bridgehead atoms. The van der Waals surface area contributed by atoms with E-state index in [0.29, 0.717) is 32.2 Å². The molecule has 0 aromatic rings. The second-order valence-corrected chi connectivity index (χ2v) is 9.46. The summed E-state index contributed by atoms with van der Waals surface area (Å²) in [5.74, 6) is -3.69. The number of ketones is 1. The molecule has 8 atom stereocenters. The van der Waals surface area contributed by atoms with Crippen LogP contribution in [0.25, 0.3) is 0 Å².